The van der Waals surface area contributed by atoms with E-state index in [4.69, 9.17) is 10.5 Å². The molecular weight excluding hydrogens is 518 g/mol. The number of aromatic nitrogens is 2. The van der Waals surface area contributed by atoms with Crippen molar-refractivity contribution >= 4 is 42.5 Å². The number of nitrogens with one attached hydrogen (secondary N) is 2. The standard InChI is InChI=1S/C22H22F3N5O3Se/c1-13(31)12-29-20(32)14-5-6-18(33-2)16(10-14)27-7-3-4-15-11-17-19(26)28-8-9-30(17)21(15)34-22(23,24)25/h5-6,8-11,13,27,31H,7,12H2,1-2H3,(H2,26,28)(H,29,32). The Bertz CT molecular complexity index is 1250. The summed E-state index contributed by atoms with van der Waals surface area (Å²) < 4.78 is 46.2. The molecule has 2 heterocycles. The molecule has 0 spiro atoms. The molecule has 0 radical (unpaired) electrons. The van der Waals surface area contributed by atoms with Gasteiger partial charge in [-0.2, -0.15) is 0 Å². The second-order valence-corrected chi connectivity index (χ2v) is 9.32. The number of hydrogen-bond acceptors (Lipinski definition) is 6. The van der Waals surface area contributed by atoms with E-state index in [0.717, 1.165) is 0 Å². The first-order valence-corrected chi connectivity index (χ1v) is 11.7. The van der Waals surface area contributed by atoms with Crippen molar-refractivity contribution in [1.82, 2.24) is 14.7 Å². The number of aliphatic hydroxyl groups is 1. The zero-order chi connectivity index (χ0) is 24.9. The average Bonchev–Trinajstić information content (AvgIpc) is 3.12. The van der Waals surface area contributed by atoms with Gasteiger partial charge in [0.25, 0.3) is 0 Å². The van der Waals surface area contributed by atoms with Crippen LogP contribution in [0.1, 0.15) is 22.8 Å². The van der Waals surface area contributed by atoms with Gasteiger partial charge in [0.05, 0.1) is 6.10 Å². The molecule has 0 aliphatic heterocycles. The van der Waals surface area contributed by atoms with Crippen LogP contribution in [0.5, 0.6) is 5.75 Å². The van der Waals surface area contributed by atoms with Crippen LogP contribution < -0.4 is 25.7 Å². The van der Waals surface area contributed by atoms with Gasteiger partial charge >= 0.3 is 182 Å². The van der Waals surface area contributed by atoms with E-state index >= 15 is 0 Å². The van der Waals surface area contributed by atoms with Gasteiger partial charge in [0.15, 0.2) is 0 Å². The number of nitrogens with zero attached hydrogens (tertiary/aromatic N) is 2. The first-order valence-electron chi connectivity index (χ1n) is 9.97. The van der Waals surface area contributed by atoms with Gasteiger partial charge in [0.2, 0.25) is 0 Å². The molecule has 5 N–H and O–H groups in total. The van der Waals surface area contributed by atoms with Crippen molar-refractivity contribution in [3.8, 4) is 17.6 Å². The van der Waals surface area contributed by atoms with E-state index in [2.05, 4.69) is 27.5 Å². The van der Waals surface area contributed by atoms with Gasteiger partial charge in [0.1, 0.15) is 0 Å². The van der Waals surface area contributed by atoms with Crippen LogP contribution in [0, 0.1) is 11.8 Å². The predicted octanol–water partition coefficient (Wildman–Crippen LogP) is 1.35. The minimum absolute atomic E-state index is 0.0333. The van der Waals surface area contributed by atoms with E-state index < -0.39 is 26.1 Å². The number of fused-ring (bicyclic) bond motifs is 1. The van der Waals surface area contributed by atoms with Crippen LogP contribution in [0.4, 0.5) is 24.7 Å². The summed E-state index contributed by atoms with van der Waals surface area (Å²) in [4.78, 5) is 16.2. The third-order valence-corrected chi connectivity index (χ3v) is 6.27. The molecule has 1 amide bonds. The molecular formula is C22H22F3N5O3Se. The number of nitrogens with two attached hydrogens (primary N) is 1. The molecule has 1 atom stereocenters. The monoisotopic (exact) mass is 541 g/mol. The van der Waals surface area contributed by atoms with Gasteiger partial charge in [0, 0.05) is 0 Å². The number of carbonyl (C=O) groups excluding carboxylic acids is 1. The zero-order valence-corrected chi connectivity index (χ0v) is 19.9. The molecule has 1 aromatic carbocycles. The third-order valence-electron chi connectivity index (χ3n) is 4.50. The van der Waals surface area contributed by atoms with Gasteiger partial charge in [-0.3, -0.25) is 0 Å². The van der Waals surface area contributed by atoms with Crippen molar-refractivity contribution in [2.75, 3.05) is 31.2 Å². The molecule has 0 saturated carbocycles. The molecule has 12 heteroatoms. The molecule has 0 aliphatic rings. The molecule has 3 aromatic rings. The van der Waals surface area contributed by atoms with E-state index in [0.29, 0.717) is 22.5 Å². The molecule has 0 fully saturated rings. The van der Waals surface area contributed by atoms with Gasteiger partial charge in [-0.05, 0) is 6.92 Å². The second-order valence-electron chi connectivity index (χ2n) is 7.11. The molecule has 3 rings (SSSR count). The normalized spacial score (nSPS) is 12.1. The predicted molar refractivity (Wildman–Crippen MR) is 123 cm³/mol. The van der Waals surface area contributed by atoms with E-state index in [1.165, 1.54) is 30.0 Å². The number of carbonyl (C=O) groups is 1. The van der Waals surface area contributed by atoms with Crippen molar-refractivity contribution < 1.29 is 27.8 Å². The first kappa shape index (κ1) is 25.2. The Kier molecular flexibility index (Phi) is 7.94. The Hall–Kier alpha value is -3.39. The number of benzene rings is 1. The summed E-state index contributed by atoms with van der Waals surface area (Å²) >= 11 is -1.83. The Morgan fingerprint density at radius 2 is 2.15 bits per heavy atom. The van der Waals surface area contributed by atoms with Crippen LogP contribution in [-0.2, 0) is 0 Å². The molecule has 2 aromatic heterocycles. The molecule has 0 saturated heterocycles. The molecule has 180 valence electrons. The van der Waals surface area contributed by atoms with E-state index in [1.807, 2.05) is 0 Å². The van der Waals surface area contributed by atoms with Gasteiger partial charge in [-0.15, -0.1) is 0 Å². The fourth-order valence-electron chi connectivity index (χ4n) is 3.01. The number of halogens is 3. The van der Waals surface area contributed by atoms with Crippen LogP contribution in [0.3, 0.4) is 0 Å². The zero-order valence-electron chi connectivity index (χ0n) is 18.2. The fourth-order valence-corrected chi connectivity index (χ4v) is 4.47. The van der Waals surface area contributed by atoms with Gasteiger partial charge < -0.3 is 5.11 Å². The average molecular weight is 540 g/mol. The topological polar surface area (TPSA) is 114 Å². The molecule has 0 aliphatic carbocycles. The summed E-state index contributed by atoms with van der Waals surface area (Å²) in [6.45, 7) is 1.74. The SMILES string of the molecule is COc1ccc(C(=O)NCC(C)O)cc1NCC#Cc1cc2c(N)nccn2c1[Se]C(F)(F)F. The summed E-state index contributed by atoms with van der Waals surface area (Å²) in [5.74, 6) is 5.80. The summed E-state index contributed by atoms with van der Waals surface area (Å²) in [6, 6.07) is 6.23. The molecule has 8 nitrogen and oxygen atoms in total. The summed E-state index contributed by atoms with van der Waals surface area (Å²) in [7, 11) is 1.47. The Balaban J connectivity index is 1.81. The van der Waals surface area contributed by atoms with Crippen molar-refractivity contribution in [2.45, 2.75) is 18.1 Å². The van der Waals surface area contributed by atoms with E-state index in [-0.39, 0.29) is 35.0 Å². The molecule has 34 heavy (non-hydrogen) atoms. The van der Waals surface area contributed by atoms with Crippen LogP contribution in [-0.4, -0.2) is 66.7 Å². The maximum atomic E-state index is 13.2. The number of methoxy groups -OCH3 is 1. The van der Waals surface area contributed by atoms with Gasteiger partial charge in [-0.25, -0.2) is 0 Å². The number of hydrogen-bond donors (Lipinski definition) is 4. The number of alkyl halides is 3. The Labute approximate surface area is 199 Å². The van der Waals surface area contributed by atoms with Crippen molar-refractivity contribution in [1.29, 1.82) is 0 Å². The van der Waals surface area contributed by atoms with E-state index in [1.54, 1.807) is 25.1 Å². The Morgan fingerprint density at radius 1 is 1.38 bits per heavy atom. The van der Waals surface area contributed by atoms with Crippen molar-refractivity contribution in [3.63, 3.8) is 0 Å². The fraction of sp³-hybridized carbons (Fsp3) is 0.273. The van der Waals surface area contributed by atoms with E-state index in [9.17, 15) is 23.1 Å². The van der Waals surface area contributed by atoms with Crippen molar-refractivity contribution in [3.05, 3.63) is 47.8 Å². The van der Waals surface area contributed by atoms with Gasteiger partial charge in [-0.1, -0.05) is 0 Å². The number of nitrogen functional groups attached to an aromatic ring is 1. The first-order chi connectivity index (χ1) is 16.1. The number of anilines is 2. The number of rotatable bonds is 7. The van der Waals surface area contributed by atoms with Crippen LogP contribution in [0.2, 0.25) is 0 Å². The number of ether oxygens (including phenoxy) is 1. The minimum atomic E-state index is -4.36. The van der Waals surface area contributed by atoms with Crippen LogP contribution in [0.25, 0.3) is 5.52 Å². The second kappa shape index (κ2) is 10.7. The maximum absolute atomic E-state index is 13.2. The summed E-state index contributed by atoms with van der Waals surface area (Å²) in [6.07, 6.45) is 2.08. The van der Waals surface area contributed by atoms with Crippen molar-refractivity contribution in [2.24, 2.45) is 0 Å². The molecule has 1 unspecified atom stereocenters. The Morgan fingerprint density at radius 3 is 2.82 bits per heavy atom. The molecule has 0 bridgehead atoms. The summed E-state index contributed by atoms with van der Waals surface area (Å²) in [5.41, 5.74) is 7.22. The number of amides is 1. The van der Waals surface area contributed by atoms with Crippen LogP contribution >= 0.6 is 0 Å². The quantitative estimate of drug-likeness (QED) is 0.266. The third kappa shape index (κ3) is 6.35. The van der Waals surface area contributed by atoms with Crippen LogP contribution in [0.15, 0.2) is 36.7 Å². The number of aliphatic hydroxyl groups excluding tert-OH is 1. The summed E-state index contributed by atoms with van der Waals surface area (Å²) in [5, 5.41) is 10.6.